The van der Waals surface area contributed by atoms with Gasteiger partial charge in [0.25, 0.3) is 0 Å². The van der Waals surface area contributed by atoms with Crippen molar-refractivity contribution in [3.63, 3.8) is 0 Å². The van der Waals surface area contributed by atoms with E-state index in [0.29, 0.717) is 48.4 Å². The summed E-state index contributed by atoms with van der Waals surface area (Å²) in [4.78, 5) is 22.8. The van der Waals surface area contributed by atoms with Gasteiger partial charge >= 0.3 is 0 Å². The van der Waals surface area contributed by atoms with Crippen LogP contribution in [-0.2, 0) is 34.4 Å². The van der Waals surface area contributed by atoms with Gasteiger partial charge in [-0.3, -0.25) is 4.79 Å². The van der Waals surface area contributed by atoms with E-state index in [-0.39, 0.29) is 18.1 Å². The number of carbonyl (C=O) groups excluding carboxylic acids is 1. The summed E-state index contributed by atoms with van der Waals surface area (Å²) in [6.07, 6.45) is 2.00. The molecule has 1 amide bonds. The Bertz CT molecular complexity index is 1610. The molecule has 4 aromatic rings. The fourth-order valence-corrected chi connectivity index (χ4v) is 6.18. The number of nitrogens with one attached hydrogen (secondary N) is 2. The number of nitrogens with two attached hydrogens (primary N) is 1. The average molecular weight is 542 g/mol. The Kier molecular flexibility index (Phi) is 5.72. The van der Waals surface area contributed by atoms with Gasteiger partial charge in [0, 0.05) is 24.8 Å². The van der Waals surface area contributed by atoms with Crippen LogP contribution in [0.25, 0.3) is 11.6 Å². The van der Waals surface area contributed by atoms with Crippen molar-refractivity contribution in [2.24, 2.45) is 11.7 Å². The van der Waals surface area contributed by atoms with E-state index in [9.17, 15) is 4.79 Å². The van der Waals surface area contributed by atoms with Crippen molar-refractivity contribution in [1.29, 1.82) is 0 Å². The Morgan fingerprint density at radius 3 is 2.83 bits per heavy atom. The van der Waals surface area contributed by atoms with Gasteiger partial charge in [-0.15, -0.1) is 0 Å². The summed E-state index contributed by atoms with van der Waals surface area (Å²) in [6, 6.07) is 13.0. The third-order valence-electron chi connectivity index (χ3n) is 8.13. The number of benzene rings is 2. The molecule has 2 unspecified atom stereocenters. The number of hydrogen-bond donors (Lipinski definition) is 3. The minimum absolute atomic E-state index is 0.0171. The molecule has 4 bridgehead atoms. The molecule has 1 spiro atoms. The van der Waals surface area contributed by atoms with Gasteiger partial charge in [0.2, 0.25) is 17.7 Å². The van der Waals surface area contributed by atoms with Crippen molar-refractivity contribution in [2.75, 3.05) is 12.4 Å². The zero-order valence-corrected chi connectivity index (χ0v) is 22.6. The van der Waals surface area contributed by atoms with E-state index >= 15 is 0 Å². The number of carbonyl (C=O) groups is 1. The molecule has 0 saturated carbocycles. The highest BCUT2D eigenvalue weighted by Crippen LogP contribution is 2.56. The first-order valence-electron chi connectivity index (χ1n) is 13.5. The molecule has 0 radical (unpaired) electrons. The Morgan fingerprint density at radius 2 is 2.00 bits per heavy atom. The van der Waals surface area contributed by atoms with E-state index in [4.69, 9.17) is 29.0 Å². The molecule has 10 nitrogen and oxygen atoms in total. The minimum atomic E-state index is -0.750. The molecule has 206 valence electrons. The van der Waals surface area contributed by atoms with Crippen LogP contribution in [0.15, 0.2) is 57.6 Å². The molecule has 3 aliphatic heterocycles. The van der Waals surface area contributed by atoms with Crippen LogP contribution in [0.4, 0.5) is 5.69 Å². The number of oxazole rings is 2. The standard InChI is InChI=1S/C30H31N5O5/c1-15(2)24-28-35-25(27-32-17(13-37-3)14-38-27)23(39-28)12-30-18-6-4-5-7-21(18)33-29(30)40-22-9-8-16(10-19(22)30)11-20(31)26(36)34-24/h4-10,14-15,20,24,29,33H,11-13,31H2,1-3H3,(H,34,36)/t20-,24-,29?,30?/m0/s1. The third-order valence-corrected chi connectivity index (χ3v) is 8.13. The van der Waals surface area contributed by atoms with Crippen LogP contribution in [0, 0.1) is 5.92 Å². The number of rotatable bonds is 4. The van der Waals surface area contributed by atoms with Gasteiger partial charge in [-0.05, 0) is 35.6 Å². The molecule has 4 atom stereocenters. The normalized spacial score (nSPS) is 24.7. The number of methoxy groups -OCH3 is 1. The SMILES string of the molecule is COCc1coc(-c2nc3oc2CC24c5ccccc5NC2Oc2ccc(cc24)C[C@H](N)C(=O)N[C@H]3C(C)C)n1. The Labute approximate surface area is 231 Å². The van der Waals surface area contributed by atoms with Gasteiger partial charge in [-0.25, -0.2) is 9.97 Å². The molecule has 40 heavy (non-hydrogen) atoms. The second kappa shape index (κ2) is 9.21. The smallest absolute Gasteiger partial charge is 0.249 e. The first-order chi connectivity index (χ1) is 19.4. The summed E-state index contributed by atoms with van der Waals surface area (Å²) in [5.41, 5.74) is 11.0. The maximum Gasteiger partial charge on any atom is 0.249 e. The average Bonchev–Trinajstić information content (AvgIpc) is 3.69. The highest BCUT2D eigenvalue weighted by Gasteiger charge is 2.56. The fraction of sp³-hybridized carbons (Fsp3) is 0.367. The van der Waals surface area contributed by atoms with Crippen molar-refractivity contribution in [1.82, 2.24) is 15.3 Å². The zero-order valence-electron chi connectivity index (χ0n) is 22.6. The number of fused-ring (bicyclic) bond motifs is 4. The highest BCUT2D eigenvalue weighted by molar-refractivity contribution is 5.82. The van der Waals surface area contributed by atoms with Gasteiger partial charge < -0.3 is 34.7 Å². The lowest BCUT2D eigenvalue weighted by molar-refractivity contribution is -0.123. The molecular weight excluding hydrogens is 510 g/mol. The van der Waals surface area contributed by atoms with Crippen LogP contribution in [0.3, 0.4) is 0 Å². The quantitative estimate of drug-likeness (QED) is 0.352. The van der Waals surface area contributed by atoms with Crippen LogP contribution in [-0.4, -0.2) is 35.3 Å². The van der Waals surface area contributed by atoms with Crippen molar-refractivity contribution in [2.45, 2.75) is 57.0 Å². The molecule has 7 rings (SSSR count). The number of nitrogens with zero attached hydrogens (tertiary/aromatic N) is 2. The number of hydrogen-bond acceptors (Lipinski definition) is 9. The second-order valence-electron chi connectivity index (χ2n) is 11.1. The molecule has 4 N–H and O–H groups in total. The van der Waals surface area contributed by atoms with E-state index in [1.165, 1.54) is 0 Å². The molecule has 0 saturated heterocycles. The number of aromatic nitrogens is 2. The predicted molar refractivity (Wildman–Crippen MR) is 146 cm³/mol. The molecule has 3 aliphatic rings. The summed E-state index contributed by atoms with van der Waals surface area (Å²) in [7, 11) is 1.61. The van der Waals surface area contributed by atoms with E-state index in [1.807, 2.05) is 38.1 Å². The van der Waals surface area contributed by atoms with Gasteiger partial charge in [-0.2, -0.15) is 0 Å². The lowest BCUT2D eigenvalue weighted by atomic mass is 9.72. The third kappa shape index (κ3) is 3.74. The van der Waals surface area contributed by atoms with Crippen LogP contribution in [0.5, 0.6) is 5.75 Å². The first-order valence-corrected chi connectivity index (χ1v) is 13.5. The maximum atomic E-state index is 13.3. The predicted octanol–water partition coefficient (Wildman–Crippen LogP) is 3.85. The van der Waals surface area contributed by atoms with Gasteiger partial charge in [0.05, 0.1) is 18.1 Å². The Hall–Kier alpha value is -4.15. The van der Waals surface area contributed by atoms with Crippen molar-refractivity contribution >= 4 is 11.6 Å². The van der Waals surface area contributed by atoms with Crippen LogP contribution < -0.4 is 21.1 Å². The highest BCUT2D eigenvalue weighted by atomic mass is 16.5. The van der Waals surface area contributed by atoms with Gasteiger partial charge in [-0.1, -0.05) is 44.2 Å². The molecule has 2 aromatic heterocycles. The minimum Gasteiger partial charge on any atom is -0.469 e. The lowest BCUT2D eigenvalue weighted by Crippen LogP contribution is -2.44. The number of ether oxygens (including phenoxy) is 2. The first kappa shape index (κ1) is 24.9. The molecular formula is C30H31N5O5. The number of para-hydroxylation sites is 1. The topological polar surface area (TPSA) is 138 Å². The molecule has 0 aliphatic carbocycles. The zero-order chi connectivity index (χ0) is 27.6. The van der Waals surface area contributed by atoms with E-state index in [2.05, 4.69) is 33.8 Å². The van der Waals surface area contributed by atoms with Crippen LogP contribution in [0.2, 0.25) is 0 Å². The van der Waals surface area contributed by atoms with Crippen molar-refractivity contribution in [3.05, 3.63) is 82.8 Å². The van der Waals surface area contributed by atoms with Crippen LogP contribution in [0.1, 0.15) is 53.9 Å². The summed E-state index contributed by atoms with van der Waals surface area (Å²) < 4.78 is 24.2. The lowest BCUT2D eigenvalue weighted by Gasteiger charge is -2.28. The maximum absolute atomic E-state index is 13.3. The van der Waals surface area contributed by atoms with E-state index < -0.39 is 17.5 Å². The Morgan fingerprint density at radius 1 is 1.15 bits per heavy atom. The summed E-state index contributed by atoms with van der Waals surface area (Å²) >= 11 is 0. The molecule has 5 heterocycles. The number of amides is 1. The number of anilines is 1. The largest absolute Gasteiger partial charge is 0.469 e. The monoisotopic (exact) mass is 541 g/mol. The summed E-state index contributed by atoms with van der Waals surface area (Å²) in [5.74, 6) is 1.80. The van der Waals surface area contributed by atoms with E-state index in [1.54, 1.807) is 13.4 Å². The van der Waals surface area contributed by atoms with E-state index in [0.717, 1.165) is 28.1 Å². The van der Waals surface area contributed by atoms with Gasteiger partial charge in [0.15, 0.2) is 11.9 Å². The molecule has 10 heteroatoms. The van der Waals surface area contributed by atoms with Crippen molar-refractivity contribution < 1.29 is 23.1 Å². The van der Waals surface area contributed by atoms with Gasteiger partial charge in [0.1, 0.15) is 29.5 Å². The second-order valence-corrected chi connectivity index (χ2v) is 11.1. The summed E-state index contributed by atoms with van der Waals surface area (Å²) in [5, 5.41) is 6.66. The van der Waals surface area contributed by atoms with Crippen molar-refractivity contribution in [3.8, 4) is 17.3 Å². The summed E-state index contributed by atoms with van der Waals surface area (Å²) in [6.45, 7) is 4.32. The van der Waals surface area contributed by atoms with Crippen LogP contribution >= 0.6 is 0 Å². The molecule has 0 fully saturated rings. The molecule has 2 aromatic carbocycles. The Balaban J connectivity index is 1.47. The fourth-order valence-electron chi connectivity index (χ4n) is 6.18.